The Morgan fingerprint density at radius 2 is 1.30 bits per heavy atom. The molecule has 0 fully saturated rings. The number of halogens is 1. The highest BCUT2D eigenvalue weighted by atomic mass is 32.1. The number of amides is 1. The number of alkyl halides is 1. The molecule has 0 saturated carbocycles. The van der Waals surface area contributed by atoms with Crippen LogP contribution in [0.15, 0.2) is 0 Å². The molecule has 162 valence electrons. The molecular weight excluding hydrogens is 379 g/mol. The van der Waals surface area contributed by atoms with E-state index in [1.54, 1.807) is 0 Å². The lowest BCUT2D eigenvalue weighted by molar-refractivity contribution is -0.0145. The first-order valence-electron chi connectivity index (χ1n) is 9.25. The molecule has 0 radical (unpaired) electrons. The average Bonchev–Trinajstić information content (AvgIpc) is 2.62. The fourth-order valence-electron chi connectivity index (χ4n) is 1.77. The van der Waals surface area contributed by atoms with Gasteiger partial charge >= 0.3 is 0 Å². The summed E-state index contributed by atoms with van der Waals surface area (Å²) in [6.45, 7) is 9.17. The quantitative estimate of drug-likeness (QED) is 0.203. The molecule has 0 aromatic rings. The second-order valence-corrected chi connectivity index (χ2v) is 6.32. The van der Waals surface area contributed by atoms with Crippen LogP contribution in [0.2, 0.25) is 0 Å². The lowest BCUT2D eigenvalue weighted by Crippen LogP contribution is -2.29. The van der Waals surface area contributed by atoms with E-state index < -0.39 is 11.4 Å². The Morgan fingerprint density at radius 1 is 0.852 bits per heavy atom. The maximum atomic E-state index is 13.2. The van der Waals surface area contributed by atoms with Gasteiger partial charge in [0.1, 0.15) is 6.17 Å². The van der Waals surface area contributed by atoms with Gasteiger partial charge in [0.2, 0.25) is 0 Å². The topological polar surface area (TPSA) is 87.3 Å². The summed E-state index contributed by atoms with van der Waals surface area (Å²) in [5.41, 5.74) is 0. The van der Waals surface area contributed by atoms with Crippen molar-refractivity contribution in [1.29, 1.82) is 0 Å². The van der Waals surface area contributed by atoms with Crippen molar-refractivity contribution in [2.45, 2.75) is 26.1 Å². The number of rotatable bonds is 20. The van der Waals surface area contributed by atoms with E-state index in [0.29, 0.717) is 58.9 Å². The Morgan fingerprint density at radius 3 is 1.74 bits per heavy atom. The largest absolute Gasteiger partial charge is 0.378 e. The van der Waals surface area contributed by atoms with Crippen LogP contribution in [0.1, 0.15) is 13.8 Å². The first-order valence-corrected chi connectivity index (χ1v) is 9.70. The van der Waals surface area contributed by atoms with Gasteiger partial charge in [0, 0.05) is 12.6 Å². The summed E-state index contributed by atoms with van der Waals surface area (Å²) in [4.78, 5) is 10.5. The van der Waals surface area contributed by atoms with Crippen molar-refractivity contribution in [2.75, 3.05) is 79.2 Å². The van der Waals surface area contributed by atoms with Gasteiger partial charge in [-0.25, -0.2) is 4.39 Å². The molecular formula is C17H35FN2O6S. The van der Waals surface area contributed by atoms with E-state index in [1.165, 1.54) is 0 Å². The molecule has 0 saturated heterocycles. The summed E-state index contributed by atoms with van der Waals surface area (Å²) in [5, 5.41) is 4.96. The summed E-state index contributed by atoms with van der Waals surface area (Å²) < 4.78 is 39.7. The Hall–Kier alpha value is -0.490. The molecule has 0 aliphatic carbocycles. The van der Waals surface area contributed by atoms with E-state index in [-0.39, 0.29) is 19.8 Å². The molecule has 0 aliphatic heterocycles. The summed E-state index contributed by atoms with van der Waals surface area (Å²) in [6, 6.07) is 0.472. The predicted octanol–water partition coefficient (Wildman–Crippen LogP) is 1.04. The van der Waals surface area contributed by atoms with Crippen molar-refractivity contribution in [2.24, 2.45) is 0 Å². The number of carbonyl (C=O) groups excluding carboxylic acids is 1. The van der Waals surface area contributed by atoms with Crippen molar-refractivity contribution in [3.05, 3.63) is 0 Å². The van der Waals surface area contributed by atoms with Crippen LogP contribution in [0.4, 0.5) is 9.18 Å². The van der Waals surface area contributed by atoms with E-state index in [4.69, 9.17) is 23.7 Å². The molecule has 2 N–H and O–H groups in total. The molecule has 10 heteroatoms. The minimum absolute atomic E-state index is 0.0940. The lowest BCUT2D eigenvalue weighted by Gasteiger charge is -2.10. The van der Waals surface area contributed by atoms with Crippen LogP contribution in [0.3, 0.4) is 0 Å². The molecule has 0 aromatic heterocycles. The first-order chi connectivity index (χ1) is 13.0. The van der Waals surface area contributed by atoms with Crippen LogP contribution in [0.25, 0.3) is 0 Å². The minimum atomic E-state index is -1.26. The SMILES string of the molecule is CC(C)NCCOCCOCCOCCOCCOCC(F)CNC(=O)S. The number of nitrogens with one attached hydrogen (secondary N) is 2. The number of carbonyl (C=O) groups is 1. The number of hydrogen-bond donors (Lipinski definition) is 3. The normalized spacial score (nSPS) is 12.5. The minimum Gasteiger partial charge on any atom is -0.378 e. The van der Waals surface area contributed by atoms with Gasteiger partial charge in [-0.3, -0.25) is 4.79 Å². The van der Waals surface area contributed by atoms with Gasteiger partial charge in [0.15, 0.2) is 0 Å². The second-order valence-electron chi connectivity index (χ2n) is 5.92. The fraction of sp³-hybridized carbons (Fsp3) is 0.941. The van der Waals surface area contributed by atoms with Gasteiger partial charge in [-0.1, -0.05) is 26.5 Å². The molecule has 1 amide bonds. The van der Waals surface area contributed by atoms with E-state index >= 15 is 0 Å². The smallest absolute Gasteiger partial charge is 0.276 e. The predicted molar refractivity (Wildman–Crippen MR) is 105 cm³/mol. The molecule has 0 aliphatic rings. The van der Waals surface area contributed by atoms with E-state index in [0.717, 1.165) is 6.54 Å². The van der Waals surface area contributed by atoms with E-state index in [9.17, 15) is 9.18 Å². The summed E-state index contributed by atoms with van der Waals surface area (Å²) in [5.74, 6) is 0. The molecule has 1 atom stereocenters. The third-order valence-corrected chi connectivity index (χ3v) is 3.22. The standard InChI is InChI=1S/C17H35FN2O6S/c1-15(2)19-3-4-22-5-6-23-7-8-24-9-10-25-11-12-26-14-16(18)13-20-17(21)27/h15-16,19H,3-14H2,1-2H3,(H2,20,21,27). The van der Waals surface area contributed by atoms with Gasteiger partial charge in [-0.05, 0) is 0 Å². The Labute approximate surface area is 167 Å². The lowest BCUT2D eigenvalue weighted by atomic mass is 10.4. The maximum absolute atomic E-state index is 13.2. The monoisotopic (exact) mass is 414 g/mol. The first kappa shape index (κ1) is 26.5. The zero-order chi connectivity index (χ0) is 20.2. The van der Waals surface area contributed by atoms with Crippen LogP contribution in [-0.4, -0.2) is 96.6 Å². The van der Waals surface area contributed by atoms with Gasteiger partial charge in [-0.2, -0.15) is 0 Å². The van der Waals surface area contributed by atoms with E-state index in [2.05, 4.69) is 37.1 Å². The van der Waals surface area contributed by atoms with Crippen LogP contribution >= 0.6 is 12.6 Å². The van der Waals surface area contributed by atoms with Crippen LogP contribution < -0.4 is 10.6 Å². The molecule has 8 nitrogen and oxygen atoms in total. The van der Waals surface area contributed by atoms with Crippen LogP contribution in [0.5, 0.6) is 0 Å². The van der Waals surface area contributed by atoms with Crippen molar-refractivity contribution in [3.8, 4) is 0 Å². The van der Waals surface area contributed by atoms with Crippen molar-refractivity contribution in [1.82, 2.24) is 10.6 Å². The molecule has 1 unspecified atom stereocenters. The molecule has 0 rings (SSSR count). The molecule has 0 heterocycles. The average molecular weight is 415 g/mol. The molecule has 0 bridgehead atoms. The number of thiol groups is 1. The number of ether oxygens (including phenoxy) is 5. The van der Waals surface area contributed by atoms with Crippen molar-refractivity contribution in [3.63, 3.8) is 0 Å². The van der Waals surface area contributed by atoms with Gasteiger partial charge in [0.05, 0.1) is 72.6 Å². The van der Waals surface area contributed by atoms with Crippen LogP contribution in [-0.2, 0) is 23.7 Å². The summed E-state index contributed by atoms with van der Waals surface area (Å²) in [7, 11) is 0. The van der Waals surface area contributed by atoms with Gasteiger partial charge in [0.25, 0.3) is 5.24 Å². The second kappa shape index (κ2) is 20.2. The molecule has 0 aromatic carbocycles. The highest BCUT2D eigenvalue weighted by Crippen LogP contribution is 1.92. The Balaban J connectivity index is 3.10. The van der Waals surface area contributed by atoms with E-state index in [1.807, 2.05) is 0 Å². The zero-order valence-corrected chi connectivity index (χ0v) is 17.3. The molecule has 0 spiro atoms. The summed E-state index contributed by atoms with van der Waals surface area (Å²) in [6.07, 6.45) is -1.26. The van der Waals surface area contributed by atoms with Gasteiger partial charge < -0.3 is 34.3 Å². The maximum Gasteiger partial charge on any atom is 0.276 e. The third kappa shape index (κ3) is 23.5. The Kier molecular flexibility index (Phi) is 19.9. The highest BCUT2D eigenvalue weighted by molar-refractivity contribution is 7.96. The molecule has 27 heavy (non-hydrogen) atoms. The highest BCUT2D eigenvalue weighted by Gasteiger charge is 2.07. The fourth-order valence-corrected chi connectivity index (χ4v) is 1.86. The summed E-state index contributed by atoms with van der Waals surface area (Å²) >= 11 is 3.48. The Bertz CT molecular complexity index is 343. The van der Waals surface area contributed by atoms with Crippen molar-refractivity contribution >= 4 is 17.9 Å². The zero-order valence-electron chi connectivity index (χ0n) is 16.4. The number of hydrogen-bond acceptors (Lipinski definition) is 7. The van der Waals surface area contributed by atoms with Gasteiger partial charge in [-0.15, -0.1) is 0 Å². The third-order valence-electron chi connectivity index (χ3n) is 3.06. The van der Waals surface area contributed by atoms with Crippen LogP contribution in [0, 0.1) is 0 Å². The van der Waals surface area contributed by atoms with Crippen molar-refractivity contribution < 1.29 is 32.9 Å².